The Morgan fingerprint density at radius 2 is 1.92 bits per heavy atom. The van der Waals surface area contributed by atoms with Crippen molar-refractivity contribution >= 4 is 5.97 Å². The van der Waals surface area contributed by atoms with Crippen LogP contribution in [-0.2, 0) is 9.53 Å². The van der Waals surface area contributed by atoms with Crippen LogP contribution in [0.5, 0.6) is 0 Å². The Bertz CT molecular complexity index is 144. The summed E-state index contributed by atoms with van der Waals surface area (Å²) in [7, 11) is 0. The predicted octanol–water partition coefficient (Wildman–Crippen LogP) is 2.62. The summed E-state index contributed by atoms with van der Waals surface area (Å²) in [5.41, 5.74) is 0.0725. The van der Waals surface area contributed by atoms with E-state index in [1.807, 2.05) is 13.8 Å². The molecule has 0 spiro atoms. The summed E-state index contributed by atoms with van der Waals surface area (Å²) in [6.07, 6.45) is 0.850. The third-order valence-corrected chi connectivity index (χ3v) is 1.66. The fourth-order valence-corrected chi connectivity index (χ4v) is 0.597. The largest absolute Gasteiger partial charge is 0.465 e. The fourth-order valence-electron chi connectivity index (χ4n) is 0.597. The monoisotopic (exact) mass is 172 g/mol. The molecule has 0 aliphatic carbocycles. The summed E-state index contributed by atoms with van der Waals surface area (Å²) in [5.74, 6) is -0.0419. The lowest BCUT2D eigenvalue weighted by atomic mass is 9.98. The molecule has 1 atom stereocenters. The van der Waals surface area contributed by atoms with Crippen molar-refractivity contribution in [1.29, 1.82) is 0 Å². The maximum Gasteiger partial charge on any atom is 0.308 e. The van der Waals surface area contributed by atoms with Gasteiger partial charge in [-0.3, -0.25) is 4.79 Å². The van der Waals surface area contributed by atoms with E-state index in [0.29, 0.717) is 6.61 Å². The van der Waals surface area contributed by atoms with E-state index in [0.717, 1.165) is 6.42 Å². The summed E-state index contributed by atoms with van der Waals surface area (Å²) in [4.78, 5) is 11.2. The minimum Gasteiger partial charge on any atom is -0.465 e. The van der Waals surface area contributed by atoms with Gasteiger partial charge in [-0.1, -0.05) is 34.6 Å². The van der Waals surface area contributed by atoms with Gasteiger partial charge in [0.2, 0.25) is 0 Å². The quantitative estimate of drug-likeness (QED) is 0.612. The molecule has 0 saturated carbocycles. The maximum absolute atomic E-state index is 11.2. The highest BCUT2D eigenvalue weighted by Crippen LogP contribution is 2.14. The molecule has 0 aromatic heterocycles. The Kier molecular flexibility index (Phi) is 4.29. The normalized spacial score (nSPS) is 14.1. The number of esters is 1. The van der Waals surface area contributed by atoms with Crippen LogP contribution in [0.25, 0.3) is 0 Å². The van der Waals surface area contributed by atoms with Crippen molar-refractivity contribution in [2.45, 2.75) is 41.0 Å². The Morgan fingerprint density at radius 3 is 2.25 bits per heavy atom. The molecule has 0 amide bonds. The van der Waals surface area contributed by atoms with E-state index in [2.05, 4.69) is 20.8 Å². The molecule has 0 saturated heterocycles. The molecule has 1 unspecified atom stereocenters. The third-order valence-electron chi connectivity index (χ3n) is 1.66. The van der Waals surface area contributed by atoms with Crippen LogP contribution >= 0.6 is 0 Å². The lowest BCUT2D eigenvalue weighted by molar-refractivity contribution is -0.150. The zero-order chi connectivity index (χ0) is 9.78. The SMILES string of the molecule is CCC(C)C(=O)OCC(C)(C)C. The third kappa shape index (κ3) is 5.16. The lowest BCUT2D eigenvalue weighted by Gasteiger charge is -2.19. The molecule has 0 fully saturated rings. The van der Waals surface area contributed by atoms with E-state index in [1.165, 1.54) is 0 Å². The Morgan fingerprint density at radius 1 is 1.42 bits per heavy atom. The highest BCUT2D eigenvalue weighted by Gasteiger charge is 2.16. The van der Waals surface area contributed by atoms with Crippen molar-refractivity contribution in [2.24, 2.45) is 11.3 Å². The molecule has 0 aliphatic rings. The molecule has 0 bridgehead atoms. The van der Waals surface area contributed by atoms with Gasteiger partial charge in [0.25, 0.3) is 0 Å². The van der Waals surface area contributed by atoms with Gasteiger partial charge < -0.3 is 4.74 Å². The van der Waals surface area contributed by atoms with Gasteiger partial charge in [0.1, 0.15) is 0 Å². The van der Waals surface area contributed by atoms with Gasteiger partial charge in [-0.25, -0.2) is 0 Å². The molecule has 72 valence electrons. The highest BCUT2D eigenvalue weighted by molar-refractivity contribution is 5.71. The van der Waals surface area contributed by atoms with Crippen LogP contribution in [0.1, 0.15) is 41.0 Å². The second-order valence-electron chi connectivity index (χ2n) is 4.48. The van der Waals surface area contributed by atoms with Gasteiger partial charge in [0.05, 0.1) is 12.5 Å². The Hall–Kier alpha value is -0.530. The molecule has 0 aromatic rings. The highest BCUT2D eigenvalue weighted by atomic mass is 16.5. The first-order valence-electron chi connectivity index (χ1n) is 4.53. The van der Waals surface area contributed by atoms with Crippen LogP contribution in [0.3, 0.4) is 0 Å². The van der Waals surface area contributed by atoms with Crippen molar-refractivity contribution in [3.63, 3.8) is 0 Å². The fraction of sp³-hybridized carbons (Fsp3) is 0.900. The van der Waals surface area contributed by atoms with E-state index in [1.54, 1.807) is 0 Å². The molecular formula is C10H20O2. The van der Waals surface area contributed by atoms with Gasteiger partial charge in [-0.05, 0) is 11.8 Å². The standard InChI is InChI=1S/C10H20O2/c1-6-8(2)9(11)12-7-10(3,4)5/h8H,6-7H2,1-5H3. The second-order valence-corrected chi connectivity index (χ2v) is 4.48. The summed E-state index contributed by atoms with van der Waals surface area (Å²) in [6, 6.07) is 0. The first-order chi connectivity index (χ1) is 5.37. The molecule has 0 N–H and O–H groups in total. The van der Waals surface area contributed by atoms with Crippen molar-refractivity contribution in [3.8, 4) is 0 Å². The first kappa shape index (κ1) is 11.5. The molecule has 2 nitrogen and oxygen atoms in total. The van der Waals surface area contributed by atoms with E-state index in [4.69, 9.17) is 4.74 Å². The van der Waals surface area contributed by atoms with E-state index in [-0.39, 0.29) is 17.3 Å². The van der Waals surface area contributed by atoms with Crippen LogP contribution in [0, 0.1) is 11.3 Å². The molecule has 12 heavy (non-hydrogen) atoms. The van der Waals surface area contributed by atoms with Crippen LogP contribution in [-0.4, -0.2) is 12.6 Å². The average molecular weight is 172 g/mol. The molecule has 0 aromatic carbocycles. The minimum absolute atomic E-state index is 0.0346. The molecular weight excluding hydrogens is 152 g/mol. The van der Waals surface area contributed by atoms with Crippen LogP contribution < -0.4 is 0 Å². The molecule has 2 heteroatoms. The van der Waals surface area contributed by atoms with Crippen molar-refractivity contribution in [3.05, 3.63) is 0 Å². The summed E-state index contributed by atoms with van der Waals surface area (Å²) in [5, 5.41) is 0. The number of hydrogen-bond acceptors (Lipinski definition) is 2. The summed E-state index contributed by atoms with van der Waals surface area (Å²) >= 11 is 0. The lowest BCUT2D eigenvalue weighted by Crippen LogP contribution is -2.21. The van der Waals surface area contributed by atoms with E-state index in [9.17, 15) is 4.79 Å². The van der Waals surface area contributed by atoms with Gasteiger partial charge >= 0.3 is 5.97 Å². The topological polar surface area (TPSA) is 26.3 Å². The number of ether oxygens (including phenoxy) is 1. The number of rotatable bonds is 3. The zero-order valence-electron chi connectivity index (χ0n) is 8.81. The smallest absolute Gasteiger partial charge is 0.308 e. The second kappa shape index (κ2) is 4.48. The van der Waals surface area contributed by atoms with Crippen molar-refractivity contribution in [2.75, 3.05) is 6.61 Å². The van der Waals surface area contributed by atoms with E-state index >= 15 is 0 Å². The predicted molar refractivity (Wildman–Crippen MR) is 49.9 cm³/mol. The maximum atomic E-state index is 11.2. The van der Waals surface area contributed by atoms with Crippen LogP contribution in [0.2, 0.25) is 0 Å². The summed E-state index contributed by atoms with van der Waals surface area (Å²) < 4.78 is 5.12. The number of carbonyl (C=O) groups is 1. The number of hydrogen-bond donors (Lipinski definition) is 0. The van der Waals surface area contributed by atoms with E-state index < -0.39 is 0 Å². The van der Waals surface area contributed by atoms with Crippen molar-refractivity contribution in [1.82, 2.24) is 0 Å². The molecule has 0 radical (unpaired) electrons. The van der Waals surface area contributed by atoms with Gasteiger partial charge in [0.15, 0.2) is 0 Å². The molecule has 0 rings (SSSR count). The van der Waals surface area contributed by atoms with Gasteiger partial charge in [-0.15, -0.1) is 0 Å². The van der Waals surface area contributed by atoms with Gasteiger partial charge in [0, 0.05) is 0 Å². The van der Waals surface area contributed by atoms with Crippen molar-refractivity contribution < 1.29 is 9.53 Å². The summed E-state index contributed by atoms with van der Waals surface area (Å²) in [6.45, 7) is 10.6. The Balaban J connectivity index is 3.72. The minimum atomic E-state index is -0.0765. The van der Waals surface area contributed by atoms with Crippen LogP contribution in [0.4, 0.5) is 0 Å². The van der Waals surface area contributed by atoms with Gasteiger partial charge in [-0.2, -0.15) is 0 Å². The average Bonchev–Trinajstić information content (AvgIpc) is 1.97. The molecule has 0 heterocycles. The van der Waals surface area contributed by atoms with Crippen LogP contribution in [0.15, 0.2) is 0 Å². The Labute approximate surface area is 75.3 Å². The zero-order valence-corrected chi connectivity index (χ0v) is 8.81. The molecule has 0 aliphatic heterocycles. The number of carbonyl (C=O) groups excluding carboxylic acids is 1. The first-order valence-corrected chi connectivity index (χ1v) is 4.53.